The Labute approximate surface area is 111 Å². The van der Waals surface area contributed by atoms with Crippen LogP contribution in [0.15, 0.2) is 30.6 Å². The molecule has 1 aromatic carbocycles. The van der Waals surface area contributed by atoms with E-state index in [4.69, 9.17) is 11.6 Å². The highest BCUT2D eigenvalue weighted by atomic mass is 35.5. The predicted molar refractivity (Wildman–Crippen MR) is 74.1 cm³/mol. The van der Waals surface area contributed by atoms with Crippen molar-refractivity contribution in [1.29, 1.82) is 0 Å². The molecular formula is C12H15ClN5+. The number of nitrogens with one attached hydrogen (secondary N) is 1. The molecule has 0 spiro atoms. The van der Waals surface area contributed by atoms with Crippen molar-refractivity contribution in [3.8, 4) is 0 Å². The third kappa shape index (κ3) is 3.15. The molecule has 0 saturated heterocycles. The van der Waals surface area contributed by atoms with Crippen molar-refractivity contribution < 1.29 is 0 Å². The van der Waals surface area contributed by atoms with Crippen LogP contribution in [-0.4, -0.2) is 36.1 Å². The molecule has 0 aliphatic rings. The Hall–Kier alpha value is -1.72. The van der Waals surface area contributed by atoms with Crippen LogP contribution in [0.1, 0.15) is 0 Å². The van der Waals surface area contributed by atoms with E-state index in [0.29, 0.717) is 5.95 Å². The summed E-state index contributed by atoms with van der Waals surface area (Å²) in [6.07, 6.45) is 1.37. The van der Waals surface area contributed by atoms with Gasteiger partial charge in [0.05, 0.1) is 21.1 Å². The number of hydrogen-bond donors (Lipinski definition) is 1. The Morgan fingerprint density at radius 3 is 2.28 bits per heavy atom. The van der Waals surface area contributed by atoms with Crippen molar-refractivity contribution >= 4 is 28.9 Å². The second-order valence-electron chi connectivity index (χ2n) is 4.76. The van der Waals surface area contributed by atoms with Crippen molar-refractivity contribution in [2.24, 2.45) is 0 Å². The molecule has 0 saturated carbocycles. The average molecular weight is 265 g/mol. The van der Waals surface area contributed by atoms with Gasteiger partial charge in [0, 0.05) is 17.8 Å². The van der Waals surface area contributed by atoms with Gasteiger partial charge in [-0.25, -0.2) is 9.97 Å². The highest BCUT2D eigenvalue weighted by molar-refractivity contribution is 6.28. The Kier molecular flexibility index (Phi) is 3.45. The molecule has 18 heavy (non-hydrogen) atoms. The van der Waals surface area contributed by atoms with Gasteiger partial charge in [0.2, 0.25) is 11.2 Å². The van der Waals surface area contributed by atoms with Gasteiger partial charge in [-0.05, 0) is 23.7 Å². The zero-order chi connectivity index (χ0) is 13.2. The third-order valence-corrected chi connectivity index (χ3v) is 2.62. The van der Waals surface area contributed by atoms with E-state index in [9.17, 15) is 0 Å². The average Bonchev–Trinajstić information content (AvgIpc) is 2.28. The van der Waals surface area contributed by atoms with E-state index >= 15 is 0 Å². The number of benzene rings is 1. The molecule has 0 radical (unpaired) electrons. The van der Waals surface area contributed by atoms with E-state index in [0.717, 1.165) is 10.2 Å². The van der Waals surface area contributed by atoms with E-state index in [1.54, 1.807) is 0 Å². The molecule has 94 valence electrons. The minimum Gasteiger partial charge on any atom is -0.324 e. The van der Waals surface area contributed by atoms with Crippen molar-refractivity contribution in [1.82, 2.24) is 19.4 Å². The van der Waals surface area contributed by atoms with Crippen molar-refractivity contribution in [3.63, 3.8) is 0 Å². The van der Waals surface area contributed by atoms with Gasteiger partial charge in [-0.3, -0.25) is 4.48 Å². The first kappa shape index (κ1) is 12.7. The van der Waals surface area contributed by atoms with Crippen LogP contribution in [0.3, 0.4) is 0 Å². The number of quaternary nitrogens is 1. The van der Waals surface area contributed by atoms with Crippen molar-refractivity contribution in [2.45, 2.75) is 0 Å². The summed E-state index contributed by atoms with van der Waals surface area (Å²) in [5.41, 5.74) is 2.13. The lowest BCUT2D eigenvalue weighted by Crippen LogP contribution is -2.34. The van der Waals surface area contributed by atoms with Crippen LogP contribution in [0.5, 0.6) is 0 Å². The Balaban J connectivity index is 2.16. The quantitative estimate of drug-likeness (QED) is 0.866. The predicted octanol–water partition coefficient (Wildman–Crippen LogP) is 2.47. The molecule has 0 amide bonds. The first-order valence-electron chi connectivity index (χ1n) is 5.49. The topological polar surface area (TPSA) is 50.7 Å². The lowest BCUT2D eigenvalue weighted by atomic mass is 10.2. The summed E-state index contributed by atoms with van der Waals surface area (Å²) < 4.78 is 0.776. The van der Waals surface area contributed by atoms with Gasteiger partial charge in [-0.2, -0.15) is 4.98 Å². The molecule has 1 aromatic heterocycles. The Morgan fingerprint density at radius 1 is 1.06 bits per heavy atom. The molecule has 0 aliphatic carbocycles. The van der Waals surface area contributed by atoms with E-state index < -0.39 is 0 Å². The van der Waals surface area contributed by atoms with Gasteiger partial charge in [-0.15, -0.1) is 0 Å². The molecule has 1 N–H and O–H groups in total. The fraction of sp³-hybridized carbons (Fsp3) is 0.250. The first-order valence-corrected chi connectivity index (χ1v) is 5.86. The van der Waals surface area contributed by atoms with Crippen LogP contribution in [0.4, 0.5) is 17.3 Å². The fourth-order valence-corrected chi connectivity index (χ4v) is 1.58. The maximum atomic E-state index is 5.69. The molecule has 2 aromatic rings. The van der Waals surface area contributed by atoms with Crippen LogP contribution in [0.2, 0.25) is 5.28 Å². The molecule has 0 fully saturated rings. The summed E-state index contributed by atoms with van der Waals surface area (Å²) in [5, 5.41) is 3.25. The zero-order valence-corrected chi connectivity index (χ0v) is 11.3. The molecule has 6 heteroatoms. The highest BCUT2D eigenvalue weighted by Gasteiger charge is 2.11. The highest BCUT2D eigenvalue weighted by Crippen LogP contribution is 2.21. The molecular weight excluding hydrogens is 250 g/mol. The van der Waals surface area contributed by atoms with E-state index in [-0.39, 0.29) is 5.28 Å². The van der Waals surface area contributed by atoms with Gasteiger partial charge < -0.3 is 5.32 Å². The summed E-state index contributed by atoms with van der Waals surface area (Å²) in [6.45, 7) is 0. The number of aromatic nitrogens is 3. The normalized spacial score (nSPS) is 11.3. The van der Waals surface area contributed by atoms with E-state index in [1.165, 1.54) is 12.0 Å². The number of nitrogens with zero attached hydrogens (tertiary/aromatic N) is 4. The smallest absolute Gasteiger partial charge is 0.231 e. The number of anilines is 2. The molecule has 0 unspecified atom stereocenters. The van der Waals surface area contributed by atoms with E-state index in [2.05, 4.69) is 53.5 Å². The molecule has 1 heterocycles. The summed E-state index contributed by atoms with van der Waals surface area (Å²) >= 11 is 5.69. The van der Waals surface area contributed by atoms with Crippen LogP contribution in [-0.2, 0) is 0 Å². The van der Waals surface area contributed by atoms with Crippen molar-refractivity contribution in [3.05, 3.63) is 35.9 Å². The molecule has 5 nitrogen and oxygen atoms in total. The summed E-state index contributed by atoms with van der Waals surface area (Å²) in [5.74, 6) is 0.438. The lowest BCUT2D eigenvalue weighted by Gasteiger charge is -2.23. The maximum Gasteiger partial charge on any atom is 0.231 e. The fourth-order valence-electron chi connectivity index (χ4n) is 1.46. The number of rotatable bonds is 3. The van der Waals surface area contributed by atoms with Gasteiger partial charge in [0.1, 0.15) is 12.0 Å². The SMILES string of the molecule is C[N+](C)(C)c1ccc(Nc2ncnc(Cl)n2)cc1. The van der Waals surface area contributed by atoms with Crippen LogP contribution < -0.4 is 9.80 Å². The largest absolute Gasteiger partial charge is 0.324 e. The molecule has 0 atom stereocenters. The lowest BCUT2D eigenvalue weighted by molar-refractivity contribution is 0.486. The molecule has 0 aliphatic heterocycles. The Bertz CT molecular complexity index is 533. The minimum atomic E-state index is 0.176. The van der Waals surface area contributed by atoms with Gasteiger partial charge >= 0.3 is 0 Å². The maximum absolute atomic E-state index is 5.69. The second-order valence-corrected chi connectivity index (χ2v) is 5.10. The number of hydrogen-bond acceptors (Lipinski definition) is 4. The monoisotopic (exact) mass is 264 g/mol. The molecule has 2 rings (SSSR count). The second kappa shape index (κ2) is 4.88. The van der Waals surface area contributed by atoms with Crippen LogP contribution >= 0.6 is 11.6 Å². The summed E-state index contributed by atoms with van der Waals surface area (Å²) in [6, 6.07) is 8.09. The van der Waals surface area contributed by atoms with E-state index in [1.807, 2.05) is 12.1 Å². The minimum absolute atomic E-state index is 0.176. The van der Waals surface area contributed by atoms with Crippen molar-refractivity contribution in [2.75, 3.05) is 26.5 Å². The first-order chi connectivity index (χ1) is 8.45. The van der Waals surface area contributed by atoms with Gasteiger partial charge in [0.15, 0.2) is 0 Å². The van der Waals surface area contributed by atoms with Crippen LogP contribution in [0, 0.1) is 0 Å². The third-order valence-electron chi connectivity index (χ3n) is 2.44. The number of halogens is 1. The van der Waals surface area contributed by atoms with Crippen LogP contribution in [0.25, 0.3) is 0 Å². The Morgan fingerprint density at radius 2 is 1.72 bits per heavy atom. The standard InChI is InChI=1S/C12H15ClN5/c1-18(2,3)10-6-4-9(5-7-10)16-12-15-8-14-11(13)17-12/h4-8H,1-3H3,(H,14,15,16,17)/q+1. The van der Waals surface area contributed by atoms with Gasteiger partial charge in [0.25, 0.3) is 0 Å². The summed E-state index contributed by atoms with van der Waals surface area (Å²) in [7, 11) is 6.36. The van der Waals surface area contributed by atoms with Gasteiger partial charge in [-0.1, -0.05) is 0 Å². The summed E-state index contributed by atoms with van der Waals surface area (Å²) in [4.78, 5) is 11.7. The zero-order valence-electron chi connectivity index (χ0n) is 10.6. The molecule has 0 bridgehead atoms.